The number of hydrogen-bond donors (Lipinski definition) is 2. The molecule has 32 heavy (non-hydrogen) atoms. The fourth-order valence-corrected chi connectivity index (χ4v) is 4.23. The van der Waals surface area contributed by atoms with Crippen molar-refractivity contribution in [3.05, 3.63) is 76.3 Å². The van der Waals surface area contributed by atoms with E-state index in [0.29, 0.717) is 41.6 Å². The highest BCUT2D eigenvalue weighted by Gasteiger charge is 2.32. The maximum absolute atomic E-state index is 13.6. The summed E-state index contributed by atoms with van der Waals surface area (Å²) in [5, 5.41) is 3.33. The summed E-state index contributed by atoms with van der Waals surface area (Å²) in [5.41, 5.74) is 9.45. The molecule has 1 atom stereocenters. The summed E-state index contributed by atoms with van der Waals surface area (Å²) < 4.78 is 1.55. The molecule has 0 saturated heterocycles. The van der Waals surface area contributed by atoms with Gasteiger partial charge < -0.3 is 11.1 Å². The quantitative estimate of drug-likeness (QED) is 0.598. The Morgan fingerprint density at radius 2 is 1.81 bits per heavy atom. The van der Waals surface area contributed by atoms with Crippen molar-refractivity contribution in [1.29, 1.82) is 0 Å². The van der Waals surface area contributed by atoms with E-state index in [2.05, 4.69) is 24.1 Å². The monoisotopic (exact) mass is 431 g/mol. The van der Waals surface area contributed by atoms with Crippen LogP contribution in [-0.4, -0.2) is 28.0 Å². The van der Waals surface area contributed by atoms with E-state index in [0.717, 1.165) is 17.5 Å². The van der Waals surface area contributed by atoms with Crippen LogP contribution in [0.25, 0.3) is 11.1 Å². The standard InChI is InChI=1S/C25H29N5O2/c1-16(2)12-19(26)14-28-22-13-21(17-8-10-27-11-9-17)23(25(32)29(22)3)30-15-18-6-4-5-7-20(18)24(30)31/h4-11,13,16,19,28H,12,14-15,26H2,1-3H3/t19-/m0/s1. The van der Waals surface area contributed by atoms with Crippen molar-refractivity contribution in [1.82, 2.24) is 9.55 Å². The molecule has 0 saturated carbocycles. The number of carbonyl (C=O) groups excluding carboxylic acids is 1. The summed E-state index contributed by atoms with van der Waals surface area (Å²) in [6, 6.07) is 13.1. The predicted molar refractivity (Wildman–Crippen MR) is 128 cm³/mol. The van der Waals surface area contributed by atoms with E-state index in [1.165, 1.54) is 0 Å². The lowest BCUT2D eigenvalue weighted by molar-refractivity contribution is 0.0996. The molecular formula is C25H29N5O2. The highest BCUT2D eigenvalue weighted by molar-refractivity contribution is 6.11. The Kier molecular flexibility index (Phi) is 6.10. The molecule has 1 amide bonds. The first-order valence-corrected chi connectivity index (χ1v) is 10.9. The number of pyridine rings is 2. The van der Waals surface area contributed by atoms with Gasteiger partial charge in [0.25, 0.3) is 11.5 Å². The van der Waals surface area contributed by atoms with Gasteiger partial charge in [-0.1, -0.05) is 32.0 Å². The maximum atomic E-state index is 13.6. The molecule has 1 aromatic carbocycles. The second-order valence-electron chi connectivity index (χ2n) is 8.71. The molecule has 166 valence electrons. The van der Waals surface area contributed by atoms with Gasteiger partial charge in [-0.2, -0.15) is 0 Å². The molecule has 0 fully saturated rings. The van der Waals surface area contributed by atoms with Gasteiger partial charge in [0.15, 0.2) is 0 Å². The number of hydrogen-bond acceptors (Lipinski definition) is 5. The van der Waals surface area contributed by atoms with Gasteiger partial charge in [-0.25, -0.2) is 0 Å². The van der Waals surface area contributed by atoms with Gasteiger partial charge >= 0.3 is 0 Å². The summed E-state index contributed by atoms with van der Waals surface area (Å²) >= 11 is 0. The number of aromatic nitrogens is 2. The van der Waals surface area contributed by atoms with E-state index in [1.807, 2.05) is 36.4 Å². The first kappa shape index (κ1) is 21.8. The minimum absolute atomic E-state index is 0.0242. The summed E-state index contributed by atoms with van der Waals surface area (Å²) in [6.45, 7) is 5.19. The minimum Gasteiger partial charge on any atom is -0.370 e. The maximum Gasteiger partial charge on any atom is 0.276 e. The largest absolute Gasteiger partial charge is 0.370 e. The predicted octanol–water partition coefficient (Wildman–Crippen LogP) is 3.39. The van der Waals surface area contributed by atoms with E-state index >= 15 is 0 Å². The third-order valence-corrected chi connectivity index (χ3v) is 5.81. The first-order valence-electron chi connectivity index (χ1n) is 10.9. The SMILES string of the molecule is CC(C)C[C@H](N)CNc1cc(-c2ccncc2)c(N2Cc3ccccc3C2=O)c(=O)n1C. The number of amides is 1. The minimum atomic E-state index is -0.236. The molecule has 2 aromatic heterocycles. The number of nitrogens with two attached hydrogens (primary N) is 1. The van der Waals surface area contributed by atoms with Crippen LogP contribution in [0.15, 0.2) is 59.7 Å². The molecule has 7 heteroatoms. The first-order chi connectivity index (χ1) is 15.4. The lowest BCUT2D eigenvalue weighted by Gasteiger charge is -2.23. The Morgan fingerprint density at radius 3 is 2.50 bits per heavy atom. The fourth-order valence-electron chi connectivity index (χ4n) is 4.23. The third kappa shape index (κ3) is 4.16. The van der Waals surface area contributed by atoms with Gasteiger partial charge in [0, 0.05) is 43.2 Å². The van der Waals surface area contributed by atoms with Crippen LogP contribution in [0.2, 0.25) is 0 Å². The van der Waals surface area contributed by atoms with Crippen LogP contribution >= 0.6 is 0 Å². The van der Waals surface area contributed by atoms with Gasteiger partial charge in [0.1, 0.15) is 11.5 Å². The Balaban J connectivity index is 1.78. The molecule has 0 unspecified atom stereocenters. The number of fused-ring (bicyclic) bond motifs is 1. The Labute approximate surface area is 187 Å². The number of nitrogens with one attached hydrogen (secondary N) is 1. The summed E-state index contributed by atoms with van der Waals surface area (Å²) in [4.78, 5) is 32.4. The molecule has 1 aliphatic rings. The zero-order valence-corrected chi connectivity index (χ0v) is 18.7. The van der Waals surface area contributed by atoms with Gasteiger partial charge in [0.05, 0.1) is 6.54 Å². The Bertz CT molecular complexity index is 1190. The number of anilines is 2. The lowest BCUT2D eigenvalue weighted by Crippen LogP contribution is -2.35. The van der Waals surface area contributed by atoms with Crippen molar-refractivity contribution < 1.29 is 4.79 Å². The second kappa shape index (κ2) is 8.96. The van der Waals surface area contributed by atoms with E-state index in [1.54, 1.807) is 35.0 Å². The molecule has 3 N–H and O–H groups in total. The topological polar surface area (TPSA) is 93.2 Å². The normalized spacial score (nSPS) is 14.0. The molecule has 3 aromatic rings. The molecular weight excluding hydrogens is 402 g/mol. The molecule has 4 rings (SSSR count). The van der Waals surface area contributed by atoms with Crippen molar-refractivity contribution in [3.63, 3.8) is 0 Å². The smallest absolute Gasteiger partial charge is 0.276 e. The van der Waals surface area contributed by atoms with Crippen molar-refractivity contribution in [3.8, 4) is 11.1 Å². The zero-order chi connectivity index (χ0) is 22.8. The molecule has 0 aliphatic carbocycles. The summed E-state index contributed by atoms with van der Waals surface area (Å²) in [5.74, 6) is 0.995. The van der Waals surface area contributed by atoms with Crippen molar-refractivity contribution in [2.24, 2.45) is 18.7 Å². The van der Waals surface area contributed by atoms with Gasteiger partial charge in [0.2, 0.25) is 0 Å². The second-order valence-corrected chi connectivity index (χ2v) is 8.71. The summed E-state index contributed by atoms with van der Waals surface area (Å²) in [7, 11) is 1.71. The zero-order valence-electron chi connectivity index (χ0n) is 18.7. The fraction of sp³-hybridized carbons (Fsp3) is 0.320. The molecule has 3 heterocycles. The van der Waals surface area contributed by atoms with Gasteiger partial charge in [-0.3, -0.25) is 24.0 Å². The molecule has 7 nitrogen and oxygen atoms in total. The van der Waals surface area contributed by atoms with Crippen molar-refractivity contribution >= 4 is 17.4 Å². The highest BCUT2D eigenvalue weighted by Crippen LogP contribution is 2.35. The van der Waals surface area contributed by atoms with Crippen LogP contribution in [0.5, 0.6) is 0 Å². The number of benzene rings is 1. The van der Waals surface area contributed by atoms with Crippen LogP contribution in [-0.2, 0) is 13.6 Å². The van der Waals surface area contributed by atoms with E-state index in [-0.39, 0.29) is 17.5 Å². The molecule has 0 radical (unpaired) electrons. The van der Waals surface area contributed by atoms with Crippen LogP contribution in [0.3, 0.4) is 0 Å². The number of rotatable bonds is 7. The average molecular weight is 432 g/mol. The molecule has 0 spiro atoms. The van der Waals surface area contributed by atoms with Crippen LogP contribution in [0.4, 0.5) is 11.5 Å². The van der Waals surface area contributed by atoms with Gasteiger partial charge in [-0.15, -0.1) is 0 Å². The third-order valence-electron chi connectivity index (χ3n) is 5.81. The highest BCUT2D eigenvalue weighted by atomic mass is 16.2. The van der Waals surface area contributed by atoms with Crippen molar-refractivity contribution in [2.45, 2.75) is 32.9 Å². The van der Waals surface area contributed by atoms with Crippen LogP contribution in [0, 0.1) is 5.92 Å². The molecule has 0 bridgehead atoms. The Hall–Kier alpha value is -3.45. The van der Waals surface area contributed by atoms with E-state index < -0.39 is 0 Å². The van der Waals surface area contributed by atoms with Crippen LogP contribution < -0.4 is 21.5 Å². The molecule has 1 aliphatic heterocycles. The number of nitrogens with zero attached hydrogens (tertiary/aromatic N) is 3. The van der Waals surface area contributed by atoms with E-state index in [9.17, 15) is 9.59 Å². The number of carbonyl (C=O) groups is 1. The summed E-state index contributed by atoms with van der Waals surface area (Å²) in [6.07, 6.45) is 4.25. The van der Waals surface area contributed by atoms with E-state index in [4.69, 9.17) is 5.73 Å². The van der Waals surface area contributed by atoms with Gasteiger partial charge in [-0.05, 0) is 47.7 Å². The van der Waals surface area contributed by atoms with Crippen LogP contribution in [0.1, 0.15) is 36.2 Å². The lowest BCUT2D eigenvalue weighted by atomic mass is 10.0. The average Bonchev–Trinajstić information content (AvgIpc) is 3.11. The Morgan fingerprint density at radius 1 is 1.09 bits per heavy atom. The van der Waals surface area contributed by atoms with Crippen molar-refractivity contribution in [2.75, 3.05) is 16.8 Å².